The lowest BCUT2D eigenvalue weighted by Crippen LogP contribution is -2.49. The minimum atomic E-state index is -1.13. The van der Waals surface area contributed by atoms with Crippen LogP contribution in [0.5, 0.6) is 0 Å². The average molecular weight is 291 g/mol. The van der Waals surface area contributed by atoms with E-state index < -0.39 is 33.9 Å². The van der Waals surface area contributed by atoms with Crippen LogP contribution in [0.4, 0.5) is 4.79 Å². The fourth-order valence-electron chi connectivity index (χ4n) is 1.30. The number of thioether (sulfide) groups is 1. The number of nitrogens with one attached hydrogen (secondary N) is 2. The van der Waals surface area contributed by atoms with E-state index in [9.17, 15) is 14.4 Å². The first-order chi connectivity index (χ1) is 8.61. The number of hydrogen-bond acceptors (Lipinski definition) is 5. The van der Waals surface area contributed by atoms with Crippen molar-refractivity contribution in [1.82, 2.24) is 10.6 Å². The topological polar surface area (TPSA) is 122 Å². The average Bonchev–Trinajstić information content (AvgIpc) is 2.27. The van der Waals surface area contributed by atoms with Crippen molar-refractivity contribution in [2.45, 2.75) is 43.7 Å². The van der Waals surface area contributed by atoms with Crippen molar-refractivity contribution < 1.29 is 19.5 Å². The zero-order valence-corrected chi connectivity index (χ0v) is 12.3. The Hall–Kier alpha value is -1.28. The Morgan fingerprint density at radius 3 is 2.32 bits per heavy atom. The van der Waals surface area contributed by atoms with Crippen molar-refractivity contribution in [2.24, 2.45) is 5.73 Å². The molecule has 2 atom stereocenters. The van der Waals surface area contributed by atoms with Crippen LogP contribution in [0.25, 0.3) is 0 Å². The summed E-state index contributed by atoms with van der Waals surface area (Å²) in [6.45, 7) is 7.03. The summed E-state index contributed by atoms with van der Waals surface area (Å²) in [5.41, 5.74) is 5.56. The molecular weight excluding hydrogens is 270 g/mol. The highest BCUT2D eigenvalue weighted by Gasteiger charge is 2.35. The molecule has 3 amide bonds. The number of imide groups is 1. The lowest BCUT2D eigenvalue weighted by atomic mass is 10.1. The first-order valence-electron chi connectivity index (χ1n) is 5.86. The largest absolute Gasteiger partial charge is 0.480 e. The SMILES string of the molecule is CCNC(=O)NC(=O)C(C)SC(C)(C)[C@@H](N)C(=O)O. The van der Waals surface area contributed by atoms with E-state index in [2.05, 4.69) is 10.6 Å². The maximum absolute atomic E-state index is 11.7. The second kappa shape index (κ2) is 7.34. The summed E-state index contributed by atoms with van der Waals surface area (Å²) < 4.78 is -0.830. The molecular formula is C11H21N3O4S. The van der Waals surface area contributed by atoms with E-state index in [0.717, 1.165) is 11.8 Å². The van der Waals surface area contributed by atoms with Gasteiger partial charge in [0.2, 0.25) is 5.91 Å². The molecule has 7 nitrogen and oxygen atoms in total. The van der Waals surface area contributed by atoms with E-state index in [1.54, 1.807) is 27.7 Å². The molecule has 0 bridgehead atoms. The van der Waals surface area contributed by atoms with Gasteiger partial charge in [-0.1, -0.05) is 0 Å². The maximum Gasteiger partial charge on any atom is 0.321 e. The molecule has 0 aromatic rings. The molecule has 0 fully saturated rings. The van der Waals surface area contributed by atoms with Crippen LogP contribution in [0.15, 0.2) is 0 Å². The van der Waals surface area contributed by atoms with E-state index in [1.807, 2.05) is 0 Å². The monoisotopic (exact) mass is 291 g/mol. The summed E-state index contributed by atoms with van der Waals surface area (Å²) in [7, 11) is 0. The van der Waals surface area contributed by atoms with Gasteiger partial charge in [-0.15, -0.1) is 11.8 Å². The molecule has 19 heavy (non-hydrogen) atoms. The van der Waals surface area contributed by atoms with Gasteiger partial charge in [-0.05, 0) is 27.7 Å². The number of amides is 3. The van der Waals surface area contributed by atoms with E-state index in [-0.39, 0.29) is 0 Å². The Morgan fingerprint density at radius 1 is 1.37 bits per heavy atom. The molecule has 0 spiro atoms. The molecule has 110 valence electrons. The molecule has 0 saturated heterocycles. The second-order valence-electron chi connectivity index (χ2n) is 4.53. The molecule has 0 aromatic carbocycles. The Bertz CT molecular complexity index is 360. The summed E-state index contributed by atoms with van der Waals surface area (Å²) in [5.74, 6) is -1.62. The number of hydrogen-bond donors (Lipinski definition) is 4. The predicted octanol–water partition coefficient (Wildman–Crippen LogP) is 0.144. The number of urea groups is 1. The molecule has 0 aliphatic rings. The van der Waals surface area contributed by atoms with E-state index in [0.29, 0.717) is 6.54 Å². The fraction of sp³-hybridized carbons (Fsp3) is 0.727. The summed E-state index contributed by atoms with van der Waals surface area (Å²) in [4.78, 5) is 33.8. The standard InChI is InChI=1S/C11H21N3O4S/c1-5-13-10(18)14-8(15)6(2)19-11(3,4)7(12)9(16)17/h6-7H,5,12H2,1-4H3,(H,16,17)(H2,13,14,15,18)/t6?,7-/m0/s1. The Balaban J connectivity index is 4.51. The van der Waals surface area contributed by atoms with Crippen LogP contribution >= 0.6 is 11.8 Å². The molecule has 1 unspecified atom stereocenters. The summed E-state index contributed by atoms with van der Waals surface area (Å²) in [5, 5.41) is 12.9. The van der Waals surface area contributed by atoms with Gasteiger partial charge in [-0.25, -0.2) is 4.79 Å². The third-order valence-corrected chi connectivity index (χ3v) is 3.87. The zero-order valence-electron chi connectivity index (χ0n) is 11.5. The van der Waals surface area contributed by atoms with Crippen LogP contribution in [-0.2, 0) is 9.59 Å². The van der Waals surface area contributed by atoms with Crippen LogP contribution in [0.2, 0.25) is 0 Å². The molecule has 8 heteroatoms. The molecule has 0 heterocycles. The highest BCUT2D eigenvalue weighted by atomic mass is 32.2. The Kier molecular flexibility index (Phi) is 6.85. The van der Waals surface area contributed by atoms with Gasteiger partial charge in [0.05, 0.1) is 5.25 Å². The van der Waals surface area contributed by atoms with E-state index in [1.165, 1.54) is 0 Å². The van der Waals surface area contributed by atoms with Crippen molar-refractivity contribution in [2.75, 3.05) is 6.54 Å². The number of carbonyl (C=O) groups is 3. The number of rotatable bonds is 6. The molecule has 0 aliphatic heterocycles. The lowest BCUT2D eigenvalue weighted by Gasteiger charge is -2.30. The van der Waals surface area contributed by atoms with Gasteiger partial charge < -0.3 is 16.2 Å². The minimum absolute atomic E-state index is 0.413. The smallest absolute Gasteiger partial charge is 0.321 e. The molecule has 5 N–H and O–H groups in total. The summed E-state index contributed by atoms with van der Waals surface area (Å²) in [6.07, 6.45) is 0. The van der Waals surface area contributed by atoms with Gasteiger partial charge >= 0.3 is 12.0 Å². The first kappa shape index (κ1) is 17.7. The molecule has 0 aliphatic carbocycles. The van der Waals surface area contributed by atoms with Crippen molar-refractivity contribution in [3.05, 3.63) is 0 Å². The third kappa shape index (κ3) is 5.93. The van der Waals surface area contributed by atoms with Crippen molar-refractivity contribution in [1.29, 1.82) is 0 Å². The van der Waals surface area contributed by atoms with E-state index >= 15 is 0 Å². The van der Waals surface area contributed by atoms with Gasteiger partial charge in [-0.2, -0.15) is 0 Å². The maximum atomic E-state index is 11.7. The molecule has 0 rings (SSSR count). The van der Waals surface area contributed by atoms with Crippen molar-refractivity contribution in [3.8, 4) is 0 Å². The number of aliphatic carboxylic acids is 1. The number of carboxylic acid groups (broad SMARTS) is 1. The van der Waals surface area contributed by atoms with Crippen molar-refractivity contribution in [3.63, 3.8) is 0 Å². The first-order valence-corrected chi connectivity index (χ1v) is 6.74. The Morgan fingerprint density at radius 2 is 1.89 bits per heavy atom. The fourth-order valence-corrected chi connectivity index (χ4v) is 2.62. The predicted molar refractivity (Wildman–Crippen MR) is 74.0 cm³/mol. The van der Waals surface area contributed by atoms with Crippen molar-refractivity contribution >= 4 is 29.7 Å². The lowest BCUT2D eigenvalue weighted by molar-refractivity contribution is -0.139. The van der Waals surface area contributed by atoms with Crippen LogP contribution in [0.3, 0.4) is 0 Å². The van der Waals surface area contributed by atoms with Gasteiger partial charge in [0, 0.05) is 11.3 Å². The van der Waals surface area contributed by atoms with Crippen LogP contribution < -0.4 is 16.4 Å². The highest BCUT2D eigenvalue weighted by Crippen LogP contribution is 2.31. The van der Waals surface area contributed by atoms with Crippen LogP contribution in [-0.4, -0.2) is 45.6 Å². The number of carbonyl (C=O) groups excluding carboxylic acids is 2. The normalized spacial score (nSPS) is 14.4. The molecule has 0 saturated carbocycles. The van der Waals surface area contributed by atoms with Gasteiger partial charge in [0.15, 0.2) is 0 Å². The molecule has 0 radical (unpaired) electrons. The van der Waals surface area contributed by atoms with Crippen LogP contribution in [0, 0.1) is 0 Å². The summed E-state index contributed by atoms with van der Waals surface area (Å²) >= 11 is 1.11. The molecule has 0 aromatic heterocycles. The van der Waals surface area contributed by atoms with Gasteiger partial charge in [-0.3, -0.25) is 14.9 Å². The zero-order chi connectivity index (χ0) is 15.2. The quantitative estimate of drug-likeness (QED) is 0.552. The number of nitrogens with two attached hydrogens (primary N) is 1. The summed E-state index contributed by atoms with van der Waals surface area (Å²) in [6, 6.07) is -1.67. The van der Waals surface area contributed by atoms with Gasteiger partial charge in [0.1, 0.15) is 6.04 Å². The second-order valence-corrected chi connectivity index (χ2v) is 6.52. The van der Waals surface area contributed by atoms with E-state index in [4.69, 9.17) is 10.8 Å². The Labute approximate surface area is 116 Å². The highest BCUT2D eigenvalue weighted by molar-refractivity contribution is 8.02. The minimum Gasteiger partial charge on any atom is -0.480 e. The van der Waals surface area contributed by atoms with Crippen LogP contribution in [0.1, 0.15) is 27.7 Å². The number of carboxylic acids is 1. The third-order valence-electron chi connectivity index (χ3n) is 2.44. The van der Waals surface area contributed by atoms with Gasteiger partial charge in [0.25, 0.3) is 0 Å².